The van der Waals surface area contributed by atoms with E-state index < -0.39 is 10.0 Å². The van der Waals surface area contributed by atoms with E-state index in [4.69, 9.17) is 0 Å². The van der Waals surface area contributed by atoms with Gasteiger partial charge in [-0.25, -0.2) is 17.4 Å². The van der Waals surface area contributed by atoms with E-state index in [2.05, 4.69) is 9.97 Å². The third-order valence-electron chi connectivity index (χ3n) is 3.54. The second-order valence-corrected chi connectivity index (χ2v) is 6.94. The third kappa shape index (κ3) is 2.21. The van der Waals surface area contributed by atoms with Crippen molar-refractivity contribution >= 4 is 21.1 Å². The van der Waals surface area contributed by atoms with Crippen LogP contribution < -0.4 is 0 Å². The van der Waals surface area contributed by atoms with E-state index in [0.29, 0.717) is 11.0 Å². The molecule has 0 aliphatic heterocycles. The Labute approximate surface area is 123 Å². The fraction of sp³-hybridized carbons (Fsp3) is 0.200. The number of hydrogen-bond donors (Lipinski definition) is 0. The topological polar surface area (TPSA) is 64.8 Å². The molecule has 0 unspecified atom stereocenters. The van der Waals surface area contributed by atoms with Gasteiger partial charge in [-0.1, -0.05) is 12.1 Å². The molecule has 0 aliphatic rings. The van der Waals surface area contributed by atoms with Crippen LogP contribution in [-0.4, -0.2) is 28.1 Å². The zero-order valence-corrected chi connectivity index (χ0v) is 12.6. The summed E-state index contributed by atoms with van der Waals surface area (Å²) in [6, 6.07) is 7.47. The molecular weight excluding hydrogens is 286 g/mol. The van der Waals surface area contributed by atoms with Gasteiger partial charge in [0.2, 0.25) is 10.0 Å². The maximum atomic E-state index is 12.1. The fourth-order valence-corrected chi connectivity index (χ4v) is 3.26. The van der Waals surface area contributed by atoms with Crippen LogP contribution in [0, 0.1) is 6.92 Å². The Bertz CT molecular complexity index is 914. The van der Waals surface area contributed by atoms with Gasteiger partial charge in [-0.15, -0.1) is 0 Å². The number of imidazole rings is 1. The van der Waals surface area contributed by atoms with E-state index in [0.717, 1.165) is 16.7 Å². The molecule has 108 valence electrons. The molecule has 6 heteroatoms. The van der Waals surface area contributed by atoms with Gasteiger partial charge in [-0.2, -0.15) is 0 Å². The molecule has 0 radical (unpaired) electrons. The molecule has 0 saturated carbocycles. The highest BCUT2D eigenvalue weighted by Crippen LogP contribution is 2.29. The molecule has 5 nitrogen and oxygen atoms in total. The number of rotatable bonds is 3. The van der Waals surface area contributed by atoms with Crippen LogP contribution in [-0.2, 0) is 10.0 Å². The number of aromatic nitrogens is 3. The van der Waals surface area contributed by atoms with E-state index >= 15 is 0 Å². The predicted molar refractivity (Wildman–Crippen MR) is 82.6 cm³/mol. The smallest absolute Gasteiger partial charge is 0.240 e. The van der Waals surface area contributed by atoms with Crippen LogP contribution in [0.1, 0.15) is 12.5 Å². The van der Waals surface area contributed by atoms with Crippen LogP contribution in [0.4, 0.5) is 0 Å². The maximum absolute atomic E-state index is 12.1. The monoisotopic (exact) mass is 301 g/mol. The highest BCUT2D eigenvalue weighted by atomic mass is 32.2. The average molecular weight is 301 g/mol. The fourth-order valence-electron chi connectivity index (χ4n) is 2.34. The minimum absolute atomic E-state index is 0.0363. The van der Waals surface area contributed by atoms with Gasteiger partial charge in [0.05, 0.1) is 16.8 Å². The molecule has 0 aliphatic carbocycles. The van der Waals surface area contributed by atoms with Gasteiger partial charge in [0.25, 0.3) is 0 Å². The Hall–Kier alpha value is -2.21. The number of fused-ring (bicyclic) bond motifs is 1. The molecule has 21 heavy (non-hydrogen) atoms. The third-order valence-corrected chi connectivity index (χ3v) is 5.16. The molecule has 0 bridgehead atoms. The average Bonchev–Trinajstić information content (AvgIpc) is 2.92. The van der Waals surface area contributed by atoms with E-state index in [1.165, 1.54) is 10.3 Å². The Balaban J connectivity index is 2.31. The number of aryl methyl sites for hydroxylation is 1. The van der Waals surface area contributed by atoms with Crippen molar-refractivity contribution in [3.63, 3.8) is 0 Å². The summed E-state index contributed by atoms with van der Waals surface area (Å²) in [6.45, 7) is 3.62. The largest absolute Gasteiger partial charge is 0.264 e. The first-order chi connectivity index (χ1) is 10.0. The predicted octanol–water partition coefficient (Wildman–Crippen LogP) is 2.60. The number of nitrogens with zero attached hydrogens (tertiary/aromatic N) is 3. The molecular formula is C15H15N3O2S. The summed E-state index contributed by atoms with van der Waals surface area (Å²) in [5.41, 5.74) is 4.19. The summed E-state index contributed by atoms with van der Waals surface area (Å²) in [5, 5.41) is 0. The summed E-state index contributed by atoms with van der Waals surface area (Å²) in [7, 11) is -3.35. The maximum Gasteiger partial charge on any atom is 0.240 e. The van der Waals surface area contributed by atoms with Crippen LogP contribution in [0.5, 0.6) is 0 Å². The van der Waals surface area contributed by atoms with Gasteiger partial charge < -0.3 is 0 Å². The van der Waals surface area contributed by atoms with Crippen molar-refractivity contribution in [3.8, 4) is 11.1 Å². The van der Waals surface area contributed by atoms with Crippen LogP contribution >= 0.6 is 0 Å². The number of hydrogen-bond acceptors (Lipinski definition) is 4. The van der Waals surface area contributed by atoms with Gasteiger partial charge in [0.15, 0.2) is 0 Å². The van der Waals surface area contributed by atoms with Crippen molar-refractivity contribution in [2.24, 2.45) is 0 Å². The molecule has 3 rings (SSSR count). The van der Waals surface area contributed by atoms with Crippen molar-refractivity contribution in [2.45, 2.75) is 13.8 Å². The molecule has 0 fully saturated rings. The first-order valence-corrected chi connectivity index (χ1v) is 8.26. The van der Waals surface area contributed by atoms with Gasteiger partial charge in [0, 0.05) is 23.5 Å². The Morgan fingerprint density at radius 2 is 2.00 bits per heavy atom. The van der Waals surface area contributed by atoms with E-state index in [1.807, 2.05) is 25.1 Å². The van der Waals surface area contributed by atoms with E-state index in [1.54, 1.807) is 25.4 Å². The van der Waals surface area contributed by atoms with Crippen molar-refractivity contribution in [2.75, 3.05) is 5.75 Å². The summed E-state index contributed by atoms with van der Waals surface area (Å²) in [5.74, 6) is 0.0363. The molecule has 0 N–H and O–H groups in total. The van der Waals surface area contributed by atoms with Crippen LogP contribution in [0.25, 0.3) is 22.2 Å². The van der Waals surface area contributed by atoms with Crippen LogP contribution in [0.3, 0.4) is 0 Å². The second kappa shape index (κ2) is 4.96. The van der Waals surface area contributed by atoms with Crippen molar-refractivity contribution in [1.29, 1.82) is 0 Å². The molecule has 0 saturated heterocycles. The second-order valence-electron chi connectivity index (χ2n) is 4.80. The first kappa shape index (κ1) is 13.8. The first-order valence-electron chi connectivity index (χ1n) is 6.65. The van der Waals surface area contributed by atoms with Gasteiger partial charge in [0.1, 0.15) is 6.33 Å². The van der Waals surface area contributed by atoms with Crippen molar-refractivity contribution in [3.05, 3.63) is 48.5 Å². The molecule has 0 spiro atoms. The van der Waals surface area contributed by atoms with Gasteiger partial charge >= 0.3 is 0 Å². The minimum Gasteiger partial charge on any atom is -0.264 e. The quantitative estimate of drug-likeness (QED) is 0.746. The zero-order chi connectivity index (χ0) is 15.0. The Morgan fingerprint density at radius 3 is 2.71 bits per heavy atom. The Morgan fingerprint density at radius 1 is 1.19 bits per heavy atom. The molecule has 1 aromatic carbocycles. The molecule has 0 amide bonds. The number of para-hydroxylation sites is 1. The minimum atomic E-state index is -3.35. The highest BCUT2D eigenvalue weighted by molar-refractivity contribution is 7.90. The lowest BCUT2D eigenvalue weighted by Crippen LogP contribution is -2.13. The highest BCUT2D eigenvalue weighted by Gasteiger charge is 2.17. The lowest BCUT2D eigenvalue weighted by Gasteiger charge is -2.07. The van der Waals surface area contributed by atoms with Crippen molar-refractivity contribution < 1.29 is 8.42 Å². The Kier molecular flexibility index (Phi) is 3.25. The molecule has 0 atom stereocenters. The lowest BCUT2D eigenvalue weighted by atomic mass is 10.0. The summed E-state index contributed by atoms with van der Waals surface area (Å²) in [4.78, 5) is 8.45. The van der Waals surface area contributed by atoms with E-state index in [9.17, 15) is 8.42 Å². The normalized spacial score (nSPS) is 11.9. The summed E-state index contributed by atoms with van der Waals surface area (Å²) >= 11 is 0. The number of benzene rings is 1. The molecule has 2 heterocycles. The lowest BCUT2D eigenvalue weighted by molar-refractivity contribution is 0.590. The summed E-state index contributed by atoms with van der Waals surface area (Å²) in [6.07, 6.45) is 4.88. The van der Waals surface area contributed by atoms with Gasteiger partial charge in [-0.3, -0.25) is 4.98 Å². The van der Waals surface area contributed by atoms with E-state index in [-0.39, 0.29) is 5.75 Å². The molecule has 2 aromatic heterocycles. The zero-order valence-electron chi connectivity index (χ0n) is 11.8. The standard InChI is InChI=1S/C15H15N3O2S/c1-3-21(19,20)18-10-17-15-12(5-4-6-14(15)18)13-9-16-8-7-11(13)2/h4-10H,3H2,1-2H3. The molecule has 3 aromatic rings. The van der Waals surface area contributed by atoms with Crippen LogP contribution in [0.2, 0.25) is 0 Å². The SMILES string of the molecule is CCS(=O)(=O)n1cnc2c(-c3cnccc3C)cccc21. The summed E-state index contributed by atoms with van der Waals surface area (Å²) < 4.78 is 25.5. The van der Waals surface area contributed by atoms with Gasteiger partial charge in [-0.05, 0) is 31.5 Å². The van der Waals surface area contributed by atoms with Crippen molar-refractivity contribution in [1.82, 2.24) is 13.9 Å². The van der Waals surface area contributed by atoms with Crippen LogP contribution in [0.15, 0.2) is 43.0 Å². The number of pyridine rings is 1.